The van der Waals surface area contributed by atoms with Gasteiger partial charge in [0.25, 0.3) is 10.0 Å². The second kappa shape index (κ2) is 7.75. The van der Waals surface area contributed by atoms with Gasteiger partial charge in [0.1, 0.15) is 5.75 Å². The van der Waals surface area contributed by atoms with Crippen molar-refractivity contribution in [2.45, 2.75) is 25.7 Å². The first kappa shape index (κ1) is 19.8. The fraction of sp³-hybridized carbons (Fsp3) is 0.190. The predicted octanol–water partition coefficient (Wildman–Crippen LogP) is 3.61. The second-order valence-corrected chi connectivity index (χ2v) is 8.43. The quantitative estimate of drug-likeness (QED) is 0.509. The molecule has 0 aliphatic carbocycles. The summed E-state index contributed by atoms with van der Waals surface area (Å²) in [6, 6.07) is 15.6. The molecular weight excluding hydrogens is 402 g/mol. The summed E-state index contributed by atoms with van der Waals surface area (Å²) in [7, 11) is -3.79. The predicted molar refractivity (Wildman–Crippen MR) is 114 cm³/mol. The molecule has 8 nitrogen and oxygen atoms in total. The first-order chi connectivity index (χ1) is 14.4. The number of hydrogen-bond acceptors (Lipinski definition) is 6. The second-order valence-electron chi connectivity index (χ2n) is 6.78. The van der Waals surface area contributed by atoms with Crippen LogP contribution in [0.3, 0.4) is 0 Å². The summed E-state index contributed by atoms with van der Waals surface area (Å²) in [5.41, 5.74) is 3.04. The van der Waals surface area contributed by atoms with E-state index in [0.717, 1.165) is 0 Å². The highest BCUT2D eigenvalue weighted by Gasteiger charge is 2.19. The number of aromatic nitrogens is 4. The van der Waals surface area contributed by atoms with Gasteiger partial charge in [0.2, 0.25) is 0 Å². The van der Waals surface area contributed by atoms with E-state index in [4.69, 9.17) is 4.74 Å². The van der Waals surface area contributed by atoms with E-state index in [0.29, 0.717) is 46.3 Å². The molecule has 154 valence electrons. The fourth-order valence-corrected chi connectivity index (χ4v) is 4.43. The van der Waals surface area contributed by atoms with Crippen LogP contribution in [0.2, 0.25) is 0 Å². The van der Waals surface area contributed by atoms with Crippen LogP contribution in [0, 0.1) is 13.8 Å². The summed E-state index contributed by atoms with van der Waals surface area (Å²) in [6.45, 7) is 6.01. The standard InChI is InChI=1S/C21H21N5O3S/c1-4-29-18-9-7-17(8-10-18)25-30(27,28)20-13-16(6-5-14(20)2)19-11-12-21-23-22-15(3)26(21)24-19/h5-13,25H,4H2,1-3H3. The molecule has 9 heteroatoms. The summed E-state index contributed by atoms with van der Waals surface area (Å²) in [5.74, 6) is 1.34. The minimum atomic E-state index is -3.79. The molecule has 0 bridgehead atoms. The Labute approximate surface area is 174 Å². The molecule has 2 aromatic heterocycles. The van der Waals surface area contributed by atoms with E-state index in [1.54, 1.807) is 60.0 Å². The molecule has 0 radical (unpaired) electrons. The van der Waals surface area contributed by atoms with Crippen LogP contribution in [0.5, 0.6) is 5.75 Å². The zero-order chi connectivity index (χ0) is 21.3. The maximum absolute atomic E-state index is 13.1. The molecular formula is C21H21N5O3S. The van der Waals surface area contributed by atoms with Crippen molar-refractivity contribution >= 4 is 21.4 Å². The van der Waals surface area contributed by atoms with Gasteiger partial charge in [-0.1, -0.05) is 12.1 Å². The summed E-state index contributed by atoms with van der Waals surface area (Å²) in [5, 5.41) is 12.6. The molecule has 4 aromatic rings. The highest BCUT2D eigenvalue weighted by atomic mass is 32.2. The SMILES string of the molecule is CCOc1ccc(NS(=O)(=O)c2cc(-c3ccc4nnc(C)n4n3)ccc2C)cc1. The zero-order valence-electron chi connectivity index (χ0n) is 16.8. The fourth-order valence-electron chi connectivity index (χ4n) is 3.10. The van der Waals surface area contributed by atoms with Gasteiger partial charge in [0, 0.05) is 11.3 Å². The van der Waals surface area contributed by atoms with Gasteiger partial charge in [-0.05, 0) is 68.8 Å². The number of ether oxygens (including phenoxy) is 1. The van der Waals surface area contributed by atoms with Crippen LogP contribution in [0.25, 0.3) is 16.9 Å². The maximum Gasteiger partial charge on any atom is 0.262 e. The smallest absolute Gasteiger partial charge is 0.262 e. The third-order valence-electron chi connectivity index (χ3n) is 4.61. The molecule has 2 aromatic carbocycles. The number of nitrogens with one attached hydrogen (secondary N) is 1. The third kappa shape index (κ3) is 3.84. The van der Waals surface area contributed by atoms with Gasteiger partial charge in [-0.3, -0.25) is 4.72 Å². The normalized spacial score (nSPS) is 11.6. The molecule has 0 aliphatic rings. The number of fused-ring (bicyclic) bond motifs is 1. The largest absolute Gasteiger partial charge is 0.494 e. The Bertz CT molecular complexity index is 1310. The van der Waals surface area contributed by atoms with Crippen molar-refractivity contribution in [2.24, 2.45) is 0 Å². The van der Waals surface area contributed by atoms with E-state index in [2.05, 4.69) is 20.0 Å². The van der Waals surface area contributed by atoms with Crippen LogP contribution >= 0.6 is 0 Å². The lowest BCUT2D eigenvalue weighted by Gasteiger charge is -2.12. The highest BCUT2D eigenvalue weighted by Crippen LogP contribution is 2.26. The monoisotopic (exact) mass is 423 g/mol. The van der Waals surface area contributed by atoms with E-state index >= 15 is 0 Å². The van der Waals surface area contributed by atoms with Gasteiger partial charge < -0.3 is 4.74 Å². The van der Waals surface area contributed by atoms with E-state index in [-0.39, 0.29) is 4.90 Å². The average molecular weight is 423 g/mol. The molecule has 0 fully saturated rings. The highest BCUT2D eigenvalue weighted by molar-refractivity contribution is 7.92. The van der Waals surface area contributed by atoms with Crippen molar-refractivity contribution in [3.8, 4) is 17.0 Å². The molecule has 1 N–H and O–H groups in total. The number of anilines is 1. The Balaban J connectivity index is 1.68. The van der Waals surface area contributed by atoms with Crippen LogP contribution in [0.4, 0.5) is 5.69 Å². The van der Waals surface area contributed by atoms with Crippen molar-refractivity contribution in [1.82, 2.24) is 19.8 Å². The Morgan fingerprint density at radius 2 is 1.77 bits per heavy atom. The number of rotatable bonds is 6. The summed E-state index contributed by atoms with van der Waals surface area (Å²) in [4.78, 5) is 0.191. The van der Waals surface area contributed by atoms with Crippen LogP contribution < -0.4 is 9.46 Å². The Kier molecular flexibility index (Phi) is 5.13. The topological polar surface area (TPSA) is 98.5 Å². The Hall–Kier alpha value is -3.46. The van der Waals surface area contributed by atoms with Gasteiger partial charge in [-0.25, -0.2) is 8.42 Å². The van der Waals surface area contributed by atoms with Gasteiger partial charge >= 0.3 is 0 Å². The summed E-state index contributed by atoms with van der Waals surface area (Å²) >= 11 is 0. The number of nitrogens with zero attached hydrogens (tertiary/aromatic N) is 4. The van der Waals surface area contributed by atoms with Crippen molar-refractivity contribution in [3.05, 3.63) is 66.0 Å². The van der Waals surface area contributed by atoms with E-state index in [9.17, 15) is 8.42 Å². The van der Waals surface area contributed by atoms with E-state index in [1.165, 1.54) is 0 Å². The van der Waals surface area contributed by atoms with E-state index in [1.807, 2.05) is 19.9 Å². The lowest BCUT2D eigenvalue weighted by molar-refractivity contribution is 0.340. The van der Waals surface area contributed by atoms with Crippen LogP contribution in [0.1, 0.15) is 18.3 Å². The molecule has 4 rings (SSSR count). The molecule has 0 unspecified atom stereocenters. The van der Waals surface area contributed by atoms with Crippen LogP contribution in [-0.4, -0.2) is 34.8 Å². The molecule has 0 spiro atoms. The first-order valence-corrected chi connectivity index (χ1v) is 10.9. The van der Waals surface area contributed by atoms with Gasteiger partial charge in [0.15, 0.2) is 11.5 Å². The third-order valence-corrected chi connectivity index (χ3v) is 6.13. The molecule has 2 heterocycles. The van der Waals surface area contributed by atoms with E-state index < -0.39 is 10.0 Å². The van der Waals surface area contributed by atoms with Crippen molar-refractivity contribution in [3.63, 3.8) is 0 Å². The number of aryl methyl sites for hydroxylation is 2. The Morgan fingerprint density at radius 3 is 2.50 bits per heavy atom. The zero-order valence-corrected chi connectivity index (χ0v) is 17.6. The Morgan fingerprint density at radius 1 is 1.00 bits per heavy atom. The first-order valence-electron chi connectivity index (χ1n) is 9.43. The molecule has 0 atom stereocenters. The number of sulfonamides is 1. The molecule has 0 aliphatic heterocycles. The summed E-state index contributed by atoms with van der Waals surface area (Å²) < 4.78 is 35.8. The van der Waals surface area contributed by atoms with Crippen molar-refractivity contribution in [2.75, 3.05) is 11.3 Å². The lowest BCUT2D eigenvalue weighted by Crippen LogP contribution is -2.14. The molecule has 0 saturated heterocycles. The summed E-state index contributed by atoms with van der Waals surface area (Å²) in [6.07, 6.45) is 0. The molecule has 0 amide bonds. The minimum absolute atomic E-state index is 0.191. The number of hydrogen-bond donors (Lipinski definition) is 1. The van der Waals surface area contributed by atoms with Crippen LogP contribution in [-0.2, 0) is 10.0 Å². The van der Waals surface area contributed by atoms with Crippen molar-refractivity contribution < 1.29 is 13.2 Å². The minimum Gasteiger partial charge on any atom is -0.494 e. The molecule has 0 saturated carbocycles. The lowest BCUT2D eigenvalue weighted by atomic mass is 10.1. The number of benzene rings is 2. The van der Waals surface area contributed by atoms with Crippen LogP contribution in [0.15, 0.2) is 59.5 Å². The average Bonchev–Trinajstić information content (AvgIpc) is 3.10. The molecule has 30 heavy (non-hydrogen) atoms. The van der Waals surface area contributed by atoms with Gasteiger partial charge in [0.05, 0.1) is 17.2 Å². The van der Waals surface area contributed by atoms with Crippen molar-refractivity contribution in [1.29, 1.82) is 0 Å². The van der Waals surface area contributed by atoms with Gasteiger partial charge in [-0.15, -0.1) is 10.2 Å². The van der Waals surface area contributed by atoms with Gasteiger partial charge in [-0.2, -0.15) is 9.61 Å². The maximum atomic E-state index is 13.1.